The third-order valence-electron chi connectivity index (χ3n) is 3.53. The first-order valence-corrected chi connectivity index (χ1v) is 8.08. The summed E-state index contributed by atoms with van der Waals surface area (Å²) in [6, 6.07) is 15.3. The van der Waals surface area contributed by atoms with Gasteiger partial charge in [-0.3, -0.25) is 0 Å². The third-order valence-corrected chi connectivity index (χ3v) is 4.15. The zero-order valence-corrected chi connectivity index (χ0v) is 14.4. The predicted octanol–water partition coefficient (Wildman–Crippen LogP) is 4.66. The van der Waals surface area contributed by atoms with Crippen molar-refractivity contribution in [2.45, 2.75) is 26.3 Å². The van der Waals surface area contributed by atoms with E-state index in [0.29, 0.717) is 12.6 Å². The molecule has 0 aromatic heterocycles. The number of aryl methyl sites for hydroxylation is 1. The van der Waals surface area contributed by atoms with E-state index in [9.17, 15) is 0 Å². The molecule has 0 aliphatic carbocycles. The molecule has 2 aromatic carbocycles. The van der Waals surface area contributed by atoms with Crippen LogP contribution in [0.2, 0.25) is 0 Å². The molecule has 0 amide bonds. The molecule has 0 fully saturated rings. The Kier molecular flexibility index (Phi) is 5.83. The van der Waals surface area contributed by atoms with E-state index in [2.05, 4.69) is 64.6 Å². The largest absolute Gasteiger partial charge is 0.493 e. The molecule has 2 rings (SSSR count). The fourth-order valence-corrected chi connectivity index (χ4v) is 2.98. The van der Waals surface area contributed by atoms with Gasteiger partial charge in [0, 0.05) is 6.04 Å². The summed E-state index contributed by atoms with van der Waals surface area (Å²) in [5, 5.41) is 3.40. The summed E-state index contributed by atoms with van der Waals surface area (Å²) >= 11 is 3.59. The van der Waals surface area contributed by atoms with Crippen molar-refractivity contribution in [2.75, 3.05) is 13.7 Å². The van der Waals surface area contributed by atoms with E-state index in [1.165, 1.54) is 16.7 Å². The van der Waals surface area contributed by atoms with Gasteiger partial charge in [0.05, 0.1) is 11.1 Å². The Balaban J connectivity index is 2.19. The first-order valence-electron chi connectivity index (χ1n) is 7.29. The Bertz CT molecular complexity index is 598. The lowest BCUT2D eigenvalue weighted by atomic mass is 9.98. The van der Waals surface area contributed by atoms with E-state index in [1.807, 2.05) is 20.0 Å². The van der Waals surface area contributed by atoms with E-state index in [4.69, 9.17) is 4.74 Å². The molecule has 112 valence electrons. The summed E-state index contributed by atoms with van der Waals surface area (Å²) in [7, 11) is 2.00. The summed E-state index contributed by atoms with van der Waals surface area (Å²) < 4.78 is 6.58. The van der Waals surface area contributed by atoms with Gasteiger partial charge in [0.2, 0.25) is 0 Å². The van der Waals surface area contributed by atoms with Crippen molar-refractivity contribution in [3.8, 4) is 5.75 Å². The van der Waals surface area contributed by atoms with Crippen LogP contribution in [0.25, 0.3) is 0 Å². The Morgan fingerprint density at radius 1 is 1.19 bits per heavy atom. The highest BCUT2D eigenvalue weighted by Crippen LogP contribution is 2.29. The molecule has 3 heteroatoms. The van der Waals surface area contributed by atoms with Crippen molar-refractivity contribution in [3.05, 3.63) is 63.6 Å². The van der Waals surface area contributed by atoms with Gasteiger partial charge in [0.1, 0.15) is 5.75 Å². The second kappa shape index (κ2) is 7.62. The monoisotopic (exact) mass is 347 g/mol. The summed E-state index contributed by atoms with van der Waals surface area (Å²) in [5.41, 5.74) is 3.91. The second-order valence-corrected chi connectivity index (χ2v) is 6.01. The standard InChI is InChI=1S/C18H22BrNO/c1-4-21-18-9-8-15(12-16(18)19)17(20-3)11-14-7-5-6-13(2)10-14/h5-10,12,17,20H,4,11H2,1-3H3. The zero-order chi connectivity index (χ0) is 15.2. The van der Waals surface area contributed by atoms with Crippen LogP contribution >= 0.6 is 15.9 Å². The lowest BCUT2D eigenvalue weighted by molar-refractivity contribution is 0.338. The maximum Gasteiger partial charge on any atom is 0.133 e. The van der Waals surface area contributed by atoms with Crippen LogP contribution in [0.15, 0.2) is 46.9 Å². The number of ether oxygens (including phenoxy) is 1. The average Bonchev–Trinajstić information content (AvgIpc) is 2.47. The minimum atomic E-state index is 0.291. The Hall–Kier alpha value is -1.32. The Labute approximate surface area is 135 Å². The number of halogens is 1. The number of benzene rings is 2. The van der Waals surface area contributed by atoms with E-state index in [-0.39, 0.29) is 0 Å². The number of rotatable bonds is 6. The topological polar surface area (TPSA) is 21.3 Å². The van der Waals surface area contributed by atoms with Gasteiger partial charge in [-0.1, -0.05) is 35.9 Å². The van der Waals surface area contributed by atoms with Crippen molar-refractivity contribution in [2.24, 2.45) is 0 Å². The van der Waals surface area contributed by atoms with Crippen LogP contribution in [-0.4, -0.2) is 13.7 Å². The smallest absolute Gasteiger partial charge is 0.133 e. The molecule has 1 unspecified atom stereocenters. The quantitative estimate of drug-likeness (QED) is 0.820. The molecule has 1 atom stereocenters. The second-order valence-electron chi connectivity index (χ2n) is 5.16. The van der Waals surface area contributed by atoms with Gasteiger partial charge in [-0.15, -0.1) is 0 Å². The molecule has 2 nitrogen and oxygen atoms in total. The molecule has 0 heterocycles. The molecule has 0 spiro atoms. The highest BCUT2D eigenvalue weighted by molar-refractivity contribution is 9.10. The molecular weight excluding hydrogens is 326 g/mol. The number of hydrogen-bond donors (Lipinski definition) is 1. The van der Waals surface area contributed by atoms with E-state index >= 15 is 0 Å². The number of likely N-dealkylation sites (N-methyl/N-ethyl adjacent to an activating group) is 1. The van der Waals surface area contributed by atoms with Crippen molar-refractivity contribution < 1.29 is 4.74 Å². The zero-order valence-electron chi connectivity index (χ0n) is 12.8. The molecular formula is C18H22BrNO. The normalized spacial score (nSPS) is 12.2. The van der Waals surface area contributed by atoms with E-state index in [0.717, 1.165) is 16.6 Å². The molecule has 1 N–H and O–H groups in total. The maximum absolute atomic E-state index is 5.57. The van der Waals surface area contributed by atoms with Crippen molar-refractivity contribution in [3.63, 3.8) is 0 Å². The fraction of sp³-hybridized carbons (Fsp3) is 0.333. The van der Waals surface area contributed by atoms with Gasteiger partial charge >= 0.3 is 0 Å². The lowest BCUT2D eigenvalue weighted by Crippen LogP contribution is -2.19. The molecule has 21 heavy (non-hydrogen) atoms. The van der Waals surface area contributed by atoms with Gasteiger partial charge in [-0.05, 0) is 66.5 Å². The van der Waals surface area contributed by atoms with Gasteiger partial charge < -0.3 is 10.1 Å². The first kappa shape index (κ1) is 16.1. The van der Waals surface area contributed by atoms with Gasteiger partial charge in [0.15, 0.2) is 0 Å². The van der Waals surface area contributed by atoms with Crippen molar-refractivity contribution in [1.82, 2.24) is 5.32 Å². The summed E-state index contributed by atoms with van der Waals surface area (Å²) in [6.45, 7) is 4.80. The van der Waals surface area contributed by atoms with E-state index in [1.54, 1.807) is 0 Å². The SMILES string of the molecule is CCOc1ccc(C(Cc2cccc(C)c2)NC)cc1Br. The molecule has 0 aliphatic heterocycles. The predicted molar refractivity (Wildman–Crippen MR) is 92.0 cm³/mol. The molecule has 0 radical (unpaired) electrons. The lowest BCUT2D eigenvalue weighted by Gasteiger charge is -2.18. The average molecular weight is 348 g/mol. The highest BCUT2D eigenvalue weighted by Gasteiger charge is 2.12. The molecule has 2 aromatic rings. The van der Waals surface area contributed by atoms with Gasteiger partial charge in [0.25, 0.3) is 0 Å². The molecule has 0 saturated heterocycles. The van der Waals surface area contributed by atoms with Crippen LogP contribution in [0.5, 0.6) is 5.75 Å². The number of hydrogen-bond acceptors (Lipinski definition) is 2. The minimum Gasteiger partial charge on any atom is -0.493 e. The maximum atomic E-state index is 5.57. The first-order chi connectivity index (χ1) is 10.1. The highest BCUT2D eigenvalue weighted by atomic mass is 79.9. The van der Waals surface area contributed by atoms with Crippen molar-refractivity contribution >= 4 is 15.9 Å². The molecule has 0 bridgehead atoms. The number of nitrogens with one attached hydrogen (secondary N) is 1. The van der Waals surface area contributed by atoms with Gasteiger partial charge in [-0.2, -0.15) is 0 Å². The summed E-state index contributed by atoms with van der Waals surface area (Å²) in [5.74, 6) is 0.895. The minimum absolute atomic E-state index is 0.291. The van der Waals surface area contributed by atoms with Gasteiger partial charge in [-0.25, -0.2) is 0 Å². The van der Waals surface area contributed by atoms with Crippen LogP contribution in [0.4, 0.5) is 0 Å². The van der Waals surface area contributed by atoms with Crippen molar-refractivity contribution in [1.29, 1.82) is 0 Å². The van der Waals surface area contributed by atoms with Crippen LogP contribution in [0, 0.1) is 6.92 Å². The van der Waals surface area contributed by atoms with Crippen LogP contribution in [-0.2, 0) is 6.42 Å². The Morgan fingerprint density at radius 3 is 2.62 bits per heavy atom. The van der Waals surface area contributed by atoms with Crippen LogP contribution < -0.4 is 10.1 Å². The van der Waals surface area contributed by atoms with Crippen LogP contribution in [0.1, 0.15) is 29.7 Å². The summed E-state index contributed by atoms with van der Waals surface area (Å²) in [4.78, 5) is 0. The fourth-order valence-electron chi connectivity index (χ4n) is 2.47. The molecule has 0 aliphatic rings. The van der Waals surface area contributed by atoms with Crippen LogP contribution in [0.3, 0.4) is 0 Å². The molecule has 0 saturated carbocycles. The van der Waals surface area contributed by atoms with E-state index < -0.39 is 0 Å². The third kappa shape index (κ3) is 4.32. The summed E-state index contributed by atoms with van der Waals surface area (Å²) in [6.07, 6.45) is 0.971. The Morgan fingerprint density at radius 2 is 2.00 bits per heavy atom.